The molecule has 0 aliphatic heterocycles. The van der Waals surface area contributed by atoms with Crippen molar-refractivity contribution in [3.8, 4) is 5.88 Å². The molecule has 0 amide bonds. The van der Waals surface area contributed by atoms with Crippen molar-refractivity contribution in [1.29, 1.82) is 0 Å². The van der Waals surface area contributed by atoms with E-state index in [4.69, 9.17) is 9.15 Å². The molecule has 2 aromatic rings. The average Bonchev–Trinajstić information content (AvgIpc) is 2.86. The maximum atomic E-state index is 5.52. The molecule has 2 aromatic heterocycles. The number of hydrogen-bond acceptors (Lipinski definition) is 5. The van der Waals surface area contributed by atoms with E-state index in [9.17, 15) is 0 Å². The summed E-state index contributed by atoms with van der Waals surface area (Å²) in [5, 5.41) is 6.36. The van der Waals surface area contributed by atoms with Gasteiger partial charge in [0.2, 0.25) is 11.8 Å². The Balaban J connectivity index is 1.90. The molecule has 118 valence electrons. The van der Waals surface area contributed by atoms with E-state index >= 15 is 0 Å². The molecule has 0 fully saturated rings. The lowest BCUT2D eigenvalue weighted by Crippen LogP contribution is -2.36. The summed E-state index contributed by atoms with van der Waals surface area (Å²) < 4.78 is 10.7. The van der Waals surface area contributed by atoms with Crippen molar-refractivity contribution in [3.63, 3.8) is 0 Å². The normalized spacial score (nSPS) is 11.4. The van der Waals surface area contributed by atoms with Crippen molar-refractivity contribution in [2.45, 2.75) is 26.9 Å². The summed E-state index contributed by atoms with van der Waals surface area (Å²) >= 11 is 0. The molecule has 0 unspecified atom stereocenters. The zero-order valence-electron chi connectivity index (χ0n) is 13.3. The summed E-state index contributed by atoms with van der Waals surface area (Å²) in [6.07, 6.45) is 1.70. The van der Waals surface area contributed by atoms with Crippen LogP contribution in [0.4, 0.5) is 0 Å². The summed E-state index contributed by atoms with van der Waals surface area (Å²) in [5.41, 5.74) is 1.86. The van der Waals surface area contributed by atoms with Gasteiger partial charge in [0, 0.05) is 25.4 Å². The predicted molar refractivity (Wildman–Crippen MR) is 83.8 cm³/mol. The van der Waals surface area contributed by atoms with Gasteiger partial charge < -0.3 is 19.8 Å². The van der Waals surface area contributed by atoms with Gasteiger partial charge in [-0.3, -0.25) is 4.99 Å². The smallest absolute Gasteiger partial charge is 0.218 e. The molecular weight excluding hydrogens is 282 g/mol. The van der Waals surface area contributed by atoms with E-state index < -0.39 is 0 Å². The first kappa shape index (κ1) is 15.8. The maximum Gasteiger partial charge on any atom is 0.218 e. The van der Waals surface area contributed by atoms with E-state index in [0.717, 1.165) is 17.0 Å². The summed E-state index contributed by atoms with van der Waals surface area (Å²) in [4.78, 5) is 12.6. The molecular formula is C15H21N5O2. The van der Waals surface area contributed by atoms with Gasteiger partial charge in [-0.25, -0.2) is 9.97 Å². The molecule has 0 radical (unpaired) electrons. The second-order valence-corrected chi connectivity index (χ2v) is 4.70. The maximum absolute atomic E-state index is 5.52. The average molecular weight is 303 g/mol. The lowest BCUT2D eigenvalue weighted by molar-refractivity contribution is 0.392. The molecule has 0 bridgehead atoms. The van der Waals surface area contributed by atoms with E-state index in [1.165, 1.54) is 0 Å². The van der Waals surface area contributed by atoms with E-state index in [0.29, 0.717) is 30.8 Å². The van der Waals surface area contributed by atoms with E-state index in [-0.39, 0.29) is 0 Å². The first-order chi connectivity index (χ1) is 10.6. The number of oxazole rings is 1. The van der Waals surface area contributed by atoms with Crippen LogP contribution in [-0.4, -0.2) is 30.1 Å². The second-order valence-electron chi connectivity index (χ2n) is 4.70. The molecule has 0 aliphatic carbocycles. The minimum atomic E-state index is 0.471. The molecule has 0 saturated heterocycles. The first-order valence-electron chi connectivity index (χ1n) is 6.99. The number of guanidine groups is 1. The fourth-order valence-corrected chi connectivity index (χ4v) is 1.92. The van der Waals surface area contributed by atoms with Gasteiger partial charge in [0.25, 0.3) is 0 Å². The Morgan fingerprint density at radius 3 is 2.73 bits per heavy atom. The first-order valence-corrected chi connectivity index (χ1v) is 6.99. The van der Waals surface area contributed by atoms with Crippen molar-refractivity contribution >= 4 is 5.96 Å². The van der Waals surface area contributed by atoms with Crippen molar-refractivity contribution in [2.75, 3.05) is 14.2 Å². The molecule has 0 aliphatic rings. The molecule has 2 N–H and O–H groups in total. The van der Waals surface area contributed by atoms with Crippen LogP contribution in [0.15, 0.2) is 27.7 Å². The van der Waals surface area contributed by atoms with Gasteiger partial charge in [-0.15, -0.1) is 0 Å². The zero-order chi connectivity index (χ0) is 15.9. The van der Waals surface area contributed by atoms with E-state index in [1.54, 1.807) is 20.4 Å². The summed E-state index contributed by atoms with van der Waals surface area (Å²) in [6.45, 7) is 4.84. The lowest BCUT2D eigenvalue weighted by Gasteiger charge is -2.12. The molecule has 0 saturated carbocycles. The summed E-state index contributed by atoms with van der Waals surface area (Å²) in [7, 11) is 3.31. The van der Waals surface area contributed by atoms with Gasteiger partial charge in [-0.05, 0) is 19.9 Å². The van der Waals surface area contributed by atoms with Crippen molar-refractivity contribution in [3.05, 3.63) is 41.2 Å². The highest BCUT2D eigenvalue weighted by molar-refractivity contribution is 5.79. The Labute approximate surface area is 129 Å². The Morgan fingerprint density at radius 1 is 1.32 bits per heavy atom. The lowest BCUT2D eigenvalue weighted by atomic mass is 10.3. The van der Waals surface area contributed by atoms with Crippen LogP contribution in [0.2, 0.25) is 0 Å². The third kappa shape index (κ3) is 3.97. The molecule has 0 aromatic carbocycles. The highest BCUT2D eigenvalue weighted by atomic mass is 16.5. The number of aliphatic imine (C=N–C) groups is 1. The Kier molecular flexibility index (Phi) is 5.35. The molecule has 2 heterocycles. The van der Waals surface area contributed by atoms with Gasteiger partial charge in [0.1, 0.15) is 5.76 Å². The molecule has 0 atom stereocenters. The van der Waals surface area contributed by atoms with Gasteiger partial charge in [-0.1, -0.05) is 6.07 Å². The number of pyridine rings is 1. The van der Waals surface area contributed by atoms with E-state index in [1.807, 2.05) is 26.0 Å². The zero-order valence-corrected chi connectivity index (χ0v) is 13.3. The highest BCUT2D eigenvalue weighted by Gasteiger charge is 2.07. The predicted octanol–water partition coefficient (Wildman–Crippen LogP) is 1.56. The van der Waals surface area contributed by atoms with Crippen LogP contribution < -0.4 is 15.4 Å². The SMILES string of the molecule is CN=C(NCc1nc(C)c(C)o1)NCc1cccnc1OC. The summed E-state index contributed by atoms with van der Waals surface area (Å²) in [5.74, 6) is 2.72. The van der Waals surface area contributed by atoms with Crippen LogP contribution in [0.25, 0.3) is 0 Å². The number of ether oxygens (including phenoxy) is 1. The minimum Gasteiger partial charge on any atom is -0.481 e. The van der Waals surface area contributed by atoms with Crippen molar-refractivity contribution in [2.24, 2.45) is 4.99 Å². The minimum absolute atomic E-state index is 0.471. The van der Waals surface area contributed by atoms with Crippen LogP contribution in [0.1, 0.15) is 22.9 Å². The number of aromatic nitrogens is 2. The largest absolute Gasteiger partial charge is 0.481 e. The number of rotatable bonds is 5. The topological polar surface area (TPSA) is 84.6 Å². The quantitative estimate of drug-likeness (QED) is 0.644. The van der Waals surface area contributed by atoms with Crippen LogP contribution in [0, 0.1) is 13.8 Å². The number of aryl methyl sites for hydroxylation is 2. The van der Waals surface area contributed by atoms with Gasteiger partial charge in [0.05, 0.1) is 19.3 Å². The fraction of sp³-hybridized carbons (Fsp3) is 0.400. The van der Waals surface area contributed by atoms with Gasteiger partial charge >= 0.3 is 0 Å². The van der Waals surface area contributed by atoms with Gasteiger partial charge in [-0.2, -0.15) is 0 Å². The number of nitrogens with zero attached hydrogens (tertiary/aromatic N) is 3. The third-order valence-corrected chi connectivity index (χ3v) is 3.19. The fourth-order valence-electron chi connectivity index (χ4n) is 1.92. The van der Waals surface area contributed by atoms with Crippen molar-refractivity contribution < 1.29 is 9.15 Å². The number of methoxy groups -OCH3 is 1. The molecule has 7 nitrogen and oxygen atoms in total. The van der Waals surface area contributed by atoms with Gasteiger partial charge in [0.15, 0.2) is 5.96 Å². The Bertz CT molecular complexity index is 632. The van der Waals surface area contributed by atoms with Crippen LogP contribution >= 0.6 is 0 Å². The van der Waals surface area contributed by atoms with Crippen LogP contribution in [0.5, 0.6) is 5.88 Å². The number of nitrogens with one attached hydrogen (secondary N) is 2. The molecule has 7 heteroatoms. The van der Waals surface area contributed by atoms with Crippen LogP contribution in [0.3, 0.4) is 0 Å². The van der Waals surface area contributed by atoms with Crippen LogP contribution in [-0.2, 0) is 13.1 Å². The monoisotopic (exact) mass is 303 g/mol. The highest BCUT2D eigenvalue weighted by Crippen LogP contribution is 2.12. The Hall–Kier alpha value is -2.57. The number of hydrogen-bond donors (Lipinski definition) is 2. The third-order valence-electron chi connectivity index (χ3n) is 3.19. The Morgan fingerprint density at radius 2 is 2.09 bits per heavy atom. The molecule has 0 spiro atoms. The molecule has 22 heavy (non-hydrogen) atoms. The van der Waals surface area contributed by atoms with Crippen molar-refractivity contribution in [1.82, 2.24) is 20.6 Å². The summed E-state index contributed by atoms with van der Waals surface area (Å²) in [6, 6.07) is 3.82. The van der Waals surface area contributed by atoms with E-state index in [2.05, 4.69) is 25.6 Å². The standard InChI is InChI=1S/C15H21N5O2/c1-10-11(2)22-13(20-10)9-19-15(16-3)18-8-12-6-5-7-17-14(12)21-4/h5-7H,8-9H2,1-4H3,(H2,16,18,19). The molecule has 2 rings (SSSR count). The second kappa shape index (κ2) is 7.44.